The number of phenolic OH excluding ortho intramolecular Hbond substituents is 1. The van der Waals surface area contributed by atoms with Gasteiger partial charge in [-0.2, -0.15) is 0 Å². The van der Waals surface area contributed by atoms with Gasteiger partial charge < -0.3 is 19.8 Å². The number of benzene rings is 1. The molecule has 6 nitrogen and oxygen atoms in total. The second kappa shape index (κ2) is 13.8. The summed E-state index contributed by atoms with van der Waals surface area (Å²) in [4.78, 5) is 25.6. The largest absolute Gasteiger partial charge is 0.506 e. The first kappa shape index (κ1) is 29.2. The number of pyridine rings is 1. The van der Waals surface area contributed by atoms with Crippen LogP contribution in [0.4, 0.5) is 0 Å². The van der Waals surface area contributed by atoms with E-state index in [-0.39, 0.29) is 88.0 Å². The minimum absolute atomic E-state index is 0. The Morgan fingerprint density at radius 1 is 1.05 bits per heavy atom. The van der Waals surface area contributed by atoms with E-state index in [1.54, 1.807) is 18.3 Å². The van der Waals surface area contributed by atoms with Gasteiger partial charge in [0.1, 0.15) is 11.3 Å². The number of hydrogen-bond donors (Lipinski definition) is 4. The average molecular weight is 473 g/mol. The average Bonchev–Trinajstić information content (AvgIpc) is 2.16. The summed E-state index contributed by atoms with van der Waals surface area (Å²) in [6, 6.07) is 9.13. The van der Waals surface area contributed by atoms with Crippen molar-refractivity contribution in [1.82, 2.24) is 4.98 Å². The van der Waals surface area contributed by atoms with Crippen molar-refractivity contribution in [1.29, 1.82) is 0 Å². The Kier molecular flexibility index (Phi) is 20.2. The third kappa shape index (κ3) is 12.9. The van der Waals surface area contributed by atoms with Gasteiger partial charge in [-0.05, 0) is 12.1 Å². The molecule has 2 aromatic rings. The maximum absolute atomic E-state index is 9.31. The Balaban J connectivity index is -0.000000128. The molecule has 1 heterocycles. The van der Waals surface area contributed by atoms with E-state index in [1.807, 2.05) is 18.2 Å². The molecule has 0 unspecified atom stereocenters. The van der Waals surface area contributed by atoms with Crippen molar-refractivity contribution in [2.24, 2.45) is 0 Å². The fourth-order valence-electron chi connectivity index (χ4n) is 1.09. The summed E-state index contributed by atoms with van der Waals surface area (Å²) >= 11 is 0. The van der Waals surface area contributed by atoms with Gasteiger partial charge >= 0.3 is 30.9 Å². The van der Waals surface area contributed by atoms with Crippen molar-refractivity contribution in [3.63, 3.8) is 0 Å². The first-order valence-corrected chi connectivity index (χ1v) is 5.75. The van der Waals surface area contributed by atoms with Crippen molar-refractivity contribution in [3.8, 4) is 5.75 Å². The monoisotopic (exact) mass is 470 g/mol. The van der Waals surface area contributed by atoms with Crippen LogP contribution in [0, 0.1) is 0 Å². The van der Waals surface area contributed by atoms with E-state index in [2.05, 4.69) is 4.98 Å². The van der Waals surface area contributed by atoms with Crippen LogP contribution in [-0.2, 0) is 46.4 Å². The molecule has 20 heavy (non-hydrogen) atoms. The molecule has 1 aromatic carbocycles. The van der Waals surface area contributed by atoms with Gasteiger partial charge in [-0.25, -0.2) is 4.57 Å². The van der Waals surface area contributed by atoms with Gasteiger partial charge in [0.25, 0.3) is 0 Å². The smallest absolute Gasteiger partial charge is 0.466 e. The van der Waals surface area contributed by atoms with Gasteiger partial charge in [0.05, 0.1) is 0 Å². The summed E-state index contributed by atoms with van der Waals surface area (Å²) in [5.41, 5.74) is 0.662. The Hall–Kier alpha value is 1.20. The molecule has 109 valence electrons. The summed E-state index contributed by atoms with van der Waals surface area (Å²) in [5, 5.41) is 10.3. The van der Waals surface area contributed by atoms with Crippen LogP contribution in [0.15, 0.2) is 36.5 Å². The van der Waals surface area contributed by atoms with Gasteiger partial charge in [0, 0.05) is 53.4 Å². The minimum atomic E-state index is -4.64. The quantitative estimate of drug-likeness (QED) is 0.286. The maximum atomic E-state index is 9.31. The summed E-state index contributed by atoms with van der Waals surface area (Å²) in [6.45, 7) is 0. The van der Waals surface area contributed by atoms with Crippen LogP contribution >= 0.6 is 7.82 Å². The SMILES string of the molecule is O=P(O)(O)O.Oc1cccc2cccnc12.[Ag].[AlH3].[MgH2].[Zn]. The van der Waals surface area contributed by atoms with Crippen LogP contribution in [0.2, 0.25) is 0 Å². The number of para-hydroxylation sites is 1. The Labute approximate surface area is 171 Å². The van der Waals surface area contributed by atoms with E-state index in [4.69, 9.17) is 19.2 Å². The van der Waals surface area contributed by atoms with Gasteiger partial charge in [-0.1, -0.05) is 18.2 Å². The topological polar surface area (TPSA) is 111 Å². The van der Waals surface area contributed by atoms with Gasteiger partial charge in [-0.3, -0.25) is 4.98 Å². The summed E-state index contributed by atoms with van der Waals surface area (Å²) in [5.74, 6) is 0.239. The van der Waals surface area contributed by atoms with Crippen LogP contribution in [0.3, 0.4) is 0 Å². The van der Waals surface area contributed by atoms with Gasteiger partial charge in [0.2, 0.25) is 0 Å². The molecule has 0 saturated heterocycles. The van der Waals surface area contributed by atoms with Crippen LogP contribution < -0.4 is 0 Å². The molecule has 1 radical (unpaired) electrons. The third-order valence-corrected chi connectivity index (χ3v) is 1.61. The predicted molar refractivity (Wildman–Crippen MR) is 76.2 cm³/mol. The van der Waals surface area contributed by atoms with Crippen LogP contribution in [-0.4, -0.2) is 65.2 Å². The number of aromatic nitrogens is 1. The van der Waals surface area contributed by atoms with Crippen molar-refractivity contribution in [2.75, 3.05) is 0 Å². The molecule has 0 aliphatic rings. The molecular formula is C9H15AgAlMgNO5PZn. The number of phosphoric acid groups is 1. The zero-order chi connectivity index (χ0) is 12.2. The summed E-state index contributed by atoms with van der Waals surface area (Å²) in [7, 11) is -4.64. The molecule has 0 atom stereocenters. The molecule has 0 bridgehead atoms. The third-order valence-electron chi connectivity index (χ3n) is 1.61. The summed E-state index contributed by atoms with van der Waals surface area (Å²) < 4.78 is 8.88. The minimum Gasteiger partial charge on any atom is -0.506 e. The van der Waals surface area contributed by atoms with Crippen molar-refractivity contribution in [2.45, 2.75) is 0 Å². The first-order valence-electron chi connectivity index (χ1n) is 4.19. The Bertz CT molecular complexity index is 533. The van der Waals surface area contributed by atoms with Crippen LogP contribution in [0.5, 0.6) is 5.75 Å². The van der Waals surface area contributed by atoms with E-state index >= 15 is 0 Å². The number of fused-ring (bicyclic) bond motifs is 1. The molecule has 0 amide bonds. The molecule has 0 aliphatic heterocycles. The van der Waals surface area contributed by atoms with Crippen LogP contribution in [0.25, 0.3) is 10.9 Å². The van der Waals surface area contributed by atoms with Gasteiger partial charge in [-0.15, -0.1) is 0 Å². The van der Waals surface area contributed by atoms with E-state index < -0.39 is 7.82 Å². The van der Waals surface area contributed by atoms with E-state index in [1.165, 1.54) is 0 Å². The number of aromatic hydroxyl groups is 1. The van der Waals surface area contributed by atoms with Crippen molar-refractivity contribution < 1.29 is 66.2 Å². The standard InChI is InChI=1S/C9H7NO.Ag.Al.Mg.H3O4P.Zn.5H/c11-8-5-1-3-7-4-2-6-10-9(7)8;;;;1-5(2,3)4;;;;;;/h1-6,11H;;;;(H3,1,2,3,4);;;;;;. The number of nitrogens with zero attached hydrogens (tertiary/aromatic N) is 1. The molecule has 0 spiro atoms. The van der Waals surface area contributed by atoms with Crippen LogP contribution in [0.1, 0.15) is 0 Å². The molecule has 0 aliphatic carbocycles. The second-order valence-corrected chi connectivity index (χ2v) is 3.89. The molecular weight excluding hydrogens is 458 g/mol. The van der Waals surface area contributed by atoms with E-state index in [0.717, 1.165) is 5.39 Å². The number of phenols is 1. The molecule has 11 heteroatoms. The van der Waals surface area contributed by atoms with Gasteiger partial charge in [0.15, 0.2) is 17.4 Å². The second-order valence-electron chi connectivity index (χ2n) is 2.87. The zero-order valence-corrected chi connectivity index (χ0v) is 14.4. The zero-order valence-electron chi connectivity index (χ0n) is 9.06. The Morgan fingerprint density at radius 3 is 1.95 bits per heavy atom. The molecule has 2 rings (SSSR count). The maximum Gasteiger partial charge on any atom is 0.466 e. The number of rotatable bonds is 0. The fraction of sp³-hybridized carbons (Fsp3) is 0. The molecule has 1 aromatic heterocycles. The first-order chi connectivity index (χ1) is 7.38. The Morgan fingerprint density at radius 2 is 1.50 bits per heavy atom. The number of hydrogen-bond acceptors (Lipinski definition) is 3. The van der Waals surface area contributed by atoms with E-state index in [9.17, 15) is 5.11 Å². The van der Waals surface area contributed by atoms with E-state index in [0.29, 0.717) is 5.52 Å². The van der Waals surface area contributed by atoms with Crippen molar-refractivity contribution >= 4 is 59.1 Å². The molecule has 4 N–H and O–H groups in total. The predicted octanol–water partition coefficient (Wildman–Crippen LogP) is -1.09. The molecule has 0 saturated carbocycles. The molecule has 0 fully saturated rings. The summed E-state index contributed by atoms with van der Waals surface area (Å²) in [6.07, 6.45) is 1.67. The normalized spacial score (nSPS) is 8.55. The fourth-order valence-corrected chi connectivity index (χ4v) is 1.09. The van der Waals surface area contributed by atoms with Crippen molar-refractivity contribution in [3.05, 3.63) is 36.5 Å².